The van der Waals surface area contributed by atoms with E-state index in [2.05, 4.69) is 5.32 Å². The van der Waals surface area contributed by atoms with Crippen LogP contribution in [0.25, 0.3) is 0 Å². The van der Waals surface area contributed by atoms with Gasteiger partial charge in [-0.05, 0) is 44.0 Å². The maximum absolute atomic E-state index is 11.5. The molecule has 0 aliphatic rings. The molecule has 0 fully saturated rings. The molecule has 0 heterocycles. The van der Waals surface area contributed by atoms with Crippen LogP contribution < -0.4 is 11.1 Å². The summed E-state index contributed by atoms with van der Waals surface area (Å²) in [6, 6.07) is 5.90. The molecule has 0 spiro atoms. The lowest BCUT2D eigenvalue weighted by Crippen LogP contribution is -2.14. The van der Waals surface area contributed by atoms with Gasteiger partial charge in [0.25, 0.3) is 0 Å². The van der Waals surface area contributed by atoms with Gasteiger partial charge in [-0.2, -0.15) is 0 Å². The van der Waals surface area contributed by atoms with Gasteiger partial charge in [0.05, 0.1) is 0 Å². The smallest absolute Gasteiger partial charge is 0.224 e. The third-order valence-electron chi connectivity index (χ3n) is 2.49. The van der Waals surface area contributed by atoms with E-state index in [1.54, 1.807) is 0 Å². The summed E-state index contributed by atoms with van der Waals surface area (Å²) < 4.78 is 0. The van der Waals surface area contributed by atoms with Crippen molar-refractivity contribution in [1.29, 1.82) is 0 Å². The fourth-order valence-corrected chi connectivity index (χ4v) is 1.36. The average Bonchev–Trinajstić information content (AvgIpc) is 2.22. The monoisotopic (exact) mass is 206 g/mol. The summed E-state index contributed by atoms with van der Waals surface area (Å²) in [5.74, 6) is 0.0363. The molecule has 0 aliphatic heterocycles. The molecule has 0 unspecified atom stereocenters. The van der Waals surface area contributed by atoms with Crippen LogP contribution in [-0.2, 0) is 4.79 Å². The van der Waals surface area contributed by atoms with Gasteiger partial charge in [-0.1, -0.05) is 12.1 Å². The summed E-state index contributed by atoms with van der Waals surface area (Å²) in [6.45, 7) is 4.60. The van der Waals surface area contributed by atoms with Crippen LogP contribution >= 0.6 is 0 Å². The Kier molecular flexibility index (Phi) is 4.31. The molecule has 1 aromatic carbocycles. The van der Waals surface area contributed by atoms with Crippen molar-refractivity contribution in [3.8, 4) is 0 Å². The first-order valence-corrected chi connectivity index (χ1v) is 5.21. The molecule has 0 aliphatic carbocycles. The third-order valence-corrected chi connectivity index (χ3v) is 2.49. The molecule has 0 radical (unpaired) electrons. The Balaban J connectivity index is 2.64. The number of carbonyl (C=O) groups excluding carboxylic acids is 1. The topological polar surface area (TPSA) is 55.1 Å². The first kappa shape index (κ1) is 11.7. The van der Waals surface area contributed by atoms with Crippen molar-refractivity contribution in [2.45, 2.75) is 26.7 Å². The van der Waals surface area contributed by atoms with Gasteiger partial charge in [0.1, 0.15) is 0 Å². The minimum atomic E-state index is 0.0363. The minimum absolute atomic E-state index is 0.0363. The van der Waals surface area contributed by atoms with E-state index in [0.29, 0.717) is 13.0 Å². The van der Waals surface area contributed by atoms with Gasteiger partial charge >= 0.3 is 0 Å². The lowest BCUT2D eigenvalue weighted by Gasteiger charge is -2.09. The summed E-state index contributed by atoms with van der Waals surface area (Å²) in [6.07, 6.45) is 1.22. The number of aryl methyl sites for hydroxylation is 1. The number of hydrogen-bond donors (Lipinski definition) is 2. The number of benzene rings is 1. The zero-order valence-electron chi connectivity index (χ0n) is 9.34. The fraction of sp³-hybridized carbons (Fsp3) is 0.417. The minimum Gasteiger partial charge on any atom is -0.330 e. The lowest BCUT2D eigenvalue weighted by atomic mass is 10.1. The molecular weight excluding hydrogens is 188 g/mol. The highest BCUT2D eigenvalue weighted by atomic mass is 16.1. The molecule has 82 valence electrons. The maximum Gasteiger partial charge on any atom is 0.224 e. The van der Waals surface area contributed by atoms with Crippen LogP contribution in [0.4, 0.5) is 5.69 Å². The van der Waals surface area contributed by atoms with Crippen LogP contribution in [0.1, 0.15) is 24.0 Å². The predicted molar refractivity (Wildman–Crippen MR) is 62.8 cm³/mol. The van der Waals surface area contributed by atoms with E-state index < -0.39 is 0 Å². The molecule has 0 aromatic heterocycles. The number of rotatable bonds is 4. The van der Waals surface area contributed by atoms with Crippen molar-refractivity contribution in [3.63, 3.8) is 0 Å². The second-order valence-corrected chi connectivity index (χ2v) is 3.69. The normalized spacial score (nSPS) is 10.1. The first-order chi connectivity index (χ1) is 7.15. The van der Waals surface area contributed by atoms with Crippen molar-refractivity contribution in [1.82, 2.24) is 0 Å². The zero-order chi connectivity index (χ0) is 11.3. The molecule has 0 bridgehead atoms. The molecule has 3 heteroatoms. The summed E-state index contributed by atoms with van der Waals surface area (Å²) in [5, 5.41) is 2.89. The molecule has 1 rings (SSSR count). The maximum atomic E-state index is 11.5. The zero-order valence-corrected chi connectivity index (χ0v) is 9.34. The molecular formula is C12H18N2O. The molecule has 0 saturated heterocycles. The van der Waals surface area contributed by atoms with Gasteiger partial charge in [-0.15, -0.1) is 0 Å². The van der Waals surface area contributed by atoms with Crippen LogP contribution in [0.3, 0.4) is 0 Å². The molecule has 15 heavy (non-hydrogen) atoms. The molecule has 1 aromatic rings. The van der Waals surface area contributed by atoms with Crippen LogP contribution in [0.15, 0.2) is 18.2 Å². The number of nitrogens with one attached hydrogen (secondary N) is 1. The van der Waals surface area contributed by atoms with Gasteiger partial charge < -0.3 is 11.1 Å². The Morgan fingerprint density at radius 3 is 2.80 bits per heavy atom. The highest BCUT2D eigenvalue weighted by Crippen LogP contribution is 2.18. The second kappa shape index (κ2) is 5.51. The van der Waals surface area contributed by atoms with Gasteiger partial charge in [0, 0.05) is 12.1 Å². The van der Waals surface area contributed by atoms with Crippen molar-refractivity contribution < 1.29 is 4.79 Å². The van der Waals surface area contributed by atoms with E-state index in [-0.39, 0.29) is 5.91 Å². The van der Waals surface area contributed by atoms with E-state index in [1.165, 1.54) is 5.56 Å². The summed E-state index contributed by atoms with van der Waals surface area (Å²) in [5.41, 5.74) is 8.55. The Hall–Kier alpha value is -1.35. The second-order valence-electron chi connectivity index (χ2n) is 3.69. The van der Waals surface area contributed by atoms with Crippen LogP contribution in [0, 0.1) is 13.8 Å². The summed E-state index contributed by atoms with van der Waals surface area (Å²) in [4.78, 5) is 11.5. The highest BCUT2D eigenvalue weighted by Gasteiger charge is 2.04. The Labute approximate surface area is 90.7 Å². The quantitative estimate of drug-likeness (QED) is 0.791. The molecule has 0 atom stereocenters. The van der Waals surface area contributed by atoms with Crippen LogP contribution in [0.2, 0.25) is 0 Å². The predicted octanol–water partition coefficient (Wildman–Crippen LogP) is 1.98. The molecule has 3 nitrogen and oxygen atoms in total. The third kappa shape index (κ3) is 3.36. The fourth-order valence-electron chi connectivity index (χ4n) is 1.36. The van der Waals surface area contributed by atoms with Crippen LogP contribution in [-0.4, -0.2) is 12.5 Å². The number of amides is 1. The van der Waals surface area contributed by atoms with E-state index >= 15 is 0 Å². The highest BCUT2D eigenvalue weighted by molar-refractivity contribution is 5.91. The summed E-state index contributed by atoms with van der Waals surface area (Å²) in [7, 11) is 0. The van der Waals surface area contributed by atoms with Gasteiger partial charge in [-0.25, -0.2) is 0 Å². The van der Waals surface area contributed by atoms with Crippen molar-refractivity contribution in [2.24, 2.45) is 5.73 Å². The SMILES string of the molecule is Cc1cccc(NC(=O)CCCN)c1C. The number of carbonyl (C=O) groups is 1. The van der Waals surface area contributed by atoms with E-state index in [4.69, 9.17) is 5.73 Å². The Morgan fingerprint density at radius 2 is 2.13 bits per heavy atom. The van der Waals surface area contributed by atoms with Gasteiger partial charge in [-0.3, -0.25) is 4.79 Å². The van der Waals surface area contributed by atoms with E-state index in [9.17, 15) is 4.79 Å². The Morgan fingerprint density at radius 1 is 1.40 bits per heavy atom. The van der Waals surface area contributed by atoms with Gasteiger partial charge in [0.2, 0.25) is 5.91 Å². The van der Waals surface area contributed by atoms with Crippen molar-refractivity contribution >= 4 is 11.6 Å². The van der Waals surface area contributed by atoms with Crippen LogP contribution in [0.5, 0.6) is 0 Å². The number of hydrogen-bond acceptors (Lipinski definition) is 2. The number of anilines is 1. The van der Waals surface area contributed by atoms with E-state index in [0.717, 1.165) is 17.7 Å². The standard InChI is InChI=1S/C12H18N2O/c1-9-5-3-6-11(10(9)2)14-12(15)7-4-8-13/h3,5-6H,4,7-8,13H2,1-2H3,(H,14,15). The molecule has 1 amide bonds. The Bertz CT molecular complexity index is 347. The average molecular weight is 206 g/mol. The number of nitrogens with two attached hydrogens (primary N) is 1. The van der Waals surface area contributed by atoms with Crippen molar-refractivity contribution in [3.05, 3.63) is 29.3 Å². The lowest BCUT2D eigenvalue weighted by molar-refractivity contribution is -0.116. The molecule has 0 saturated carbocycles. The largest absolute Gasteiger partial charge is 0.330 e. The molecule has 3 N–H and O–H groups in total. The van der Waals surface area contributed by atoms with E-state index in [1.807, 2.05) is 32.0 Å². The first-order valence-electron chi connectivity index (χ1n) is 5.21. The summed E-state index contributed by atoms with van der Waals surface area (Å²) >= 11 is 0. The van der Waals surface area contributed by atoms with Gasteiger partial charge in [0.15, 0.2) is 0 Å². The van der Waals surface area contributed by atoms with Crippen molar-refractivity contribution in [2.75, 3.05) is 11.9 Å².